The van der Waals surface area contributed by atoms with Crippen LogP contribution in [0.2, 0.25) is 0 Å². The molecule has 43 heavy (non-hydrogen) atoms. The number of aliphatic hydroxyl groups excluding tert-OH is 1. The van der Waals surface area contributed by atoms with E-state index in [1.807, 2.05) is 25.1 Å². The molecule has 2 aromatic carbocycles. The van der Waals surface area contributed by atoms with E-state index in [-0.39, 0.29) is 11.3 Å². The molecule has 0 spiro atoms. The number of methoxy groups -OCH3 is 1. The predicted molar refractivity (Wildman–Crippen MR) is 166 cm³/mol. The first kappa shape index (κ1) is 32.4. The lowest BCUT2D eigenvalue weighted by molar-refractivity contribution is -0.140. The van der Waals surface area contributed by atoms with Gasteiger partial charge < -0.3 is 29.0 Å². The summed E-state index contributed by atoms with van der Waals surface area (Å²) >= 11 is 0. The monoisotopic (exact) mass is 594 g/mol. The van der Waals surface area contributed by atoms with Crippen LogP contribution in [0.3, 0.4) is 0 Å². The highest BCUT2D eigenvalue weighted by Crippen LogP contribution is 2.42. The standard InChI is InChI=1S/C34H46N2O7/c1-6-7-8-17-42-28-12-9-25(21-29(28)40-5)31-30(32(37)27-11-10-26(20-24(27)4)43-22-23(2)3)33(38)34(39)36(31)14-13-35-15-18-41-19-16-35/h9-12,20-21,23,31,37H,6-8,13-19,22H2,1-5H3. The smallest absolute Gasteiger partial charge is 0.295 e. The molecule has 2 aliphatic heterocycles. The van der Waals surface area contributed by atoms with Gasteiger partial charge in [-0.1, -0.05) is 39.7 Å². The molecule has 4 rings (SSSR count). The lowest BCUT2D eigenvalue weighted by Crippen LogP contribution is -2.42. The summed E-state index contributed by atoms with van der Waals surface area (Å²) in [5.74, 6) is 0.618. The number of carbonyl (C=O) groups is 2. The maximum absolute atomic E-state index is 13.6. The van der Waals surface area contributed by atoms with Crippen molar-refractivity contribution in [2.75, 3.05) is 59.7 Å². The Morgan fingerprint density at radius 1 is 1.02 bits per heavy atom. The third kappa shape index (κ3) is 7.89. The first-order valence-electron chi connectivity index (χ1n) is 15.4. The topological polar surface area (TPSA) is 97.8 Å². The number of hydrogen-bond donors (Lipinski definition) is 1. The molecule has 1 amide bonds. The molecular formula is C34H46N2O7. The van der Waals surface area contributed by atoms with Gasteiger partial charge in [-0.05, 0) is 60.7 Å². The van der Waals surface area contributed by atoms with Crippen LogP contribution < -0.4 is 14.2 Å². The van der Waals surface area contributed by atoms with Crippen molar-refractivity contribution in [3.05, 3.63) is 58.7 Å². The third-order valence-electron chi connectivity index (χ3n) is 7.85. The number of aryl methyl sites for hydroxylation is 1. The van der Waals surface area contributed by atoms with E-state index in [9.17, 15) is 14.7 Å². The molecule has 9 heteroatoms. The van der Waals surface area contributed by atoms with Crippen LogP contribution in [0, 0.1) is 12.8 Å². The van der Waals surface area contributed by atoms with Crippen molar-refractivity contribution in [1.82, 2.24) is 9.80 Å². The fourth-order valence-corrected chi connectivity index (χ4v) is 5.44. The second-order valence-corrected chi connectivity index (χ2v) is 11.6. The van der Waals surface area contributed by atoms with Gasteiger partial charge in [-0.25, -0.2) is 0 Å². The van der Waals surface area contributed by atoms with E-state index < -0.39 is 17.7 Å². The summed E-state index contributed by atoms with van der Waals surface area (Å²) in [4.78, 5) is 30.9. The Balaban J connectivity index is 1.72. The van der Waals surface area contributed by atoms with Crippen molar-refractivity contribution in [2.24, 2.45) is 5.92 Å². The summed E-state index contributed by atoms with van der Waals surface area (Å²) in [5.41, 5.74) is 1.95. The molecule has 0 bridgehead atoms. The minimum absolute atomic E-state index is 0.0598. The molecule has 2 fully saturated rings. The lowest BCUT2D eigenvalue weighted by Gasteiger charge is -2.31. The lowest BCUT2D eigenvalue weighted by atomic mass is 9.93. The van der Waals surface area contributed by atoms with E-state index in [1.165, 1.54) is 0 Å². The van der Waals surface area contributed by atoms with Gasteiger partial charge in [-0.3, -0.25) is 14.5 Å². The molecule has 2 aromatic rings. The van der Waals surface area contributed by atoms with Gasteiger partial charge in [0.15, 0.2) is 11.5 Å². The number of likely N-dealkylation sites (tertiary alicyclic amines) is 1. The average molecular weight is 595 g/mol. The summed E-state index contributed by atoms with van der Waals surface area (Å²) in [6, 6.07) is 10.0. The zero-order chi connectivity index (χ0) is 30.9. The van der Waals surface area contributed by atoms with Crippen molar-refractivity contribution in [1.29, 1.82) is 0 Å². The zero-order valence-electron chi connectivity index (χ0n) is 26.2. The fraction of sp³-hybridized carbons (Fsp3) is 0.529. The highest BCUT2D eigenvalue weighted by Gasteiger charge is 2.46. The number of unbranched alkanes of at least 4 members (excludes halogenated alkanes) is 2. The fourth-order valence-electron chi connectivity index (χ4n) is 5.44. The van der Waals surface area contributed by atoms with Crippen molar-refractivity contribution in [2.45, 2.75) is 53.0 Å². The predicted octanol–water partition coefficient (Wildman–Crippen LogP) is 5.36. The molecule has 0 radical (unpaired) electrons. The number of ketones is 1. The van der Waals surface area contributed by atoms with Gasteiger partial charge in [0.05, 0.1) is 45.2 Å². The third-order valence-corrected chi connectivity index (χ3v) is 7.85. The molecule has 234 valence electrons. The van der Waals surface area contributed by atoms with E-state index in [0.29, 0.717) is 73.8 Å². The van der Waals surface area contributed by atoms with Crippen LogP contribution in [-0.4, -0.2) is 86.3 Å². The molecule has 0 aliphatic carbocycles. The molecule has 1 unspecified atom stereocenters. The van der Waals surface area contributed by atoms with Gasteiger partial charge in [0.2, 0.25) is 0 Å². The molecule has 1 N–H and O–H groups in total. The number of rotatable bonds is 14. The number of morpholine rings is 1. The summed E-state index contributed by atoms with van der Waals surface area (Å²) in [6.07, 6.45) is 3.10. The molecule has 9 nitrogen and oxygen atoms in total. The largest absolute Gasteiger partial charge is 0.507 e. The SMILES string of the molecule is CCCCCOc1ccc(C2C(=C(O)c3ccc(OCC(C)C)cc3C)C(=O)C(=O)N2CCN2CCOCC2)cc1OC. The summed E-state index contributed by atoms with van der Waals surface area (Å²) < 4.78 is 23.0. The van der Waals surface area contributed by atoms with Crippen LogP contribution in [0.1, 0.15) is 62.8 Å². The van der Waals surface area contributed by atoms with Crippen LogP contribution in [0.4, 0.5) is 0 Å². The number of ether oxygens (including phenoxy) is 4. The highest BCUT2D eigenvalue weighted by molar-refractivity contribution is 6.46. The first-order valence-corrected chi connectivity index (χ1v) is 15.4. The Labute approximate surface area is 255 Å². The van der Waals surface area contributed by atoms with Gasteiger partial charge in [-0.2, -0.15) is 0 Å². The first-order chi connectivity index (χ1) is 20.7. The molecule has 2 heterocycles. The Bertz CT molecular complexity index is 1300. The Morgan fingerprint density at radius 2 is 1.79 bits per heavy atom. The normalized spacial score (nSPS) is 18.8. The highest BCUT2D eigenvalue weighted by atomic mass is 16.5. The van der Waals surface area contributed by atoms with Crippen molar-refractivity contribution in [3.63, 3.8) is 0 Å². The Hall–Kier alpha value is -3.56. The number of carbonyl (C=O) groups excluding carboxylic acids is 2. The number of hydrogen-bond acceptors (Lipinski definition) is 8. The van der Waals surface area contributed by atoms with Crippen LogP contribution in [0.15, 0.2) is 42.0 Å². The van der Waals surface area contributed by atoms with Gasteiger partial charge in [0, 0.05) is 31.7 Å². The van der Waals surface area contributed by atoms with Gasteiger partial charge in [0.1, 0.15) is 11.5 Å². The van der Waals surface area contributed by atoms with Crippen LogP contribution in [0.25, 0.3) is 5.76 Å². The number of Topliss-reactive ketones (excluding diaryl/α,β-unsaturated/α-hetero) is 1. The molecule has 0 aromatic heterocycles. The van der Waals surface area contributed by atoms with Gasteiger partial charge in [0.25, 0.3) is 11.7 Å². The van der Waals surface area contributed by atoms with E-state index in [2.05, 4.69) is 25.7 Å². The molecular weight excluding hydrogens is 548 g/mol. The van der Waals surface area contributed by atoms with E-state index in [0.717, 1.165) is 37.9 Å². The minimum atomic E-state index is -0.791. The number of benzene rings is 2. The molecule has 0 saturated carbocycles. The van der Waals surface area contributed by atoms with Crippen LogP contribution in [0.5, 0.6) is 17.2 Å². The second kappa shape index (κ2) is 15.3. The van der Waals surface area contributed by atoms with Crippen molar-refractivity contribution in [3.8, 4) is 17.2 Å². The number of nitrogens with zero attached hydrogens (tertiary/aromatic N) is 2. The van der Waals surface area contributed by atoms with E-state index in [4.69, 9.17) is 18.9 Å². The van der Waals surface area contributed by atoms with Gasteiger partial charge >= 0.3 is 0 Å². The average Bonchev–Trinajstić information content (AvgIpc) is 3.26. The maximum atomic E-state index is 13.6. The quantitative estimate of drug-likeness (QED) is 0.135. The molecule has 1 atom stereocenters. The number of amides is 1. The second-order valence-electron chi connectivity index (χ2n) is 11.6. The molecule has 2 aliphatic rings. The van der Waals surface area contributed by atoms with Crippen LogP contribution in [-0.2, 0) is 14.3 Å². The minimum Gasteiger partial charge on any atom is -0.507 e. The van der Waals surface area contributed by atoms with Crippen molar-refractivity contribution < 1.29 is 33.6 Å². The van der Waals surface area contributed by atoms with Gasteiger partial charge in [-0.15, -0.1) is 0 Å². The maximum Gasteiger partial charge on any atom is 0.295 e. The van der Waals surface area contributed by atoms with E-state index in [1.54, 1.807) is 30.2 Å². The summed E-state index contributed by atoms with van der Waals surface area (Å²) in [5, 5.41) is 11.7. The zero-order valence-corrected chi connectivity index (χ0v) is 26.2. The van der Waals surface area contributed by atoms with Crippen molar-refractivity contribution >= 4 is 17.4 Å². The number of aliphatic hydroxyl groups is 1. The Kier molecular flexibility index (Phi) is 11.5. The van der Waals surface area contributed by atoms with E-state index >= 15 is 0 Å². The Morgan fingerprint density at radius 3 is 2.47 bits per heavy atom. The van der Waals surface area contributed by atoms with Crippen LogP contribution >= 0.6 is 0 Å². The summed E-state index contributed by atoms with van der Waals surface area (Å²) in [7, 11) is 1.57. The molecule has 2 saturated heterocycles. The summed E-state index contributed by atoms with van der Waals surface area (Å²) in [6.45, 7) is 13.0.